The summed E-state index contributed by atoms with van der Waals surface area (Å²) in [5.74, 6) is 1.67. The number of carbonyl (C=O) groups is 1. The summed E-state index contributed by atoms with van der Waals surface area (Å²) in [7, 11) is 1.54. The number of anilines is 3. The third-order valence-corrected chi connectivity index (χ3v) is 5.26. The number of amides is 1. The Bertz CT molecular complexity index is 1150. The third-order valence-electron chi connectivity index (χ3n) is 5.26. The number of benzene rings is 1. The van der Waals surface area contributed by atoms with E-state index in [2.05, 4.69) is 20.7 Å². The molecule has 0 atom stereocenters. The molecule has 6 N–H and O–H groups in total. The molecular weight excluding hydrogens is 410 g/mol. The molecule has 0 bridgehead atoms. The molecule has 10 heteroatoms. The van der Waals surface area contributed by atoms with Crippen molar-refractivity contribution in [1.82, 2.24) is 14.6 Å². The van der Waals surface area contributed by atoms with Crippen LogP contribution in [0.3, 0.4) is 0 Å². The normalized spacial score (nSPS) is 18.2. The van der Waals surface area contributed by atoms with E-state index in [-0.39, 0.29) is 6.04 Å². The highest BCUT2D eigenvalue weighted by Crippen LogP contribution is 2.37. The highest BCUT2D eigenvalue weighted by molar-refractivity contribution is 5.93. The topological polar surface area (TPSA) is 142 Å². The molecule has 170 valence electrons. The van der Waals surface area contributed by atoms with E-state index in [1.165, 1.54) is 6.33 Å². The zero-order valence-electron chi connectivity index (χ0n) is 18.7. The number of rotatable bonds is 5. The van der Waals surface area contributed by atoms with E-state index in [1.54, 1.807) is 38.5 Å². The number of hydrogen-bond acceptors (Lipinski definition) is 8. The van der Waals surface area contributed by atoms with Crippen LogP contribution in [0.2, 0.25) is 0 Å². The molecule has 1 aliphatic rings. The highest BCUT2D eigenvalue weighted by Gasteiger charge is 2.27. The zero-order chi connectivity index (χ0) is 23.0. The average Bonchev–Trinajstić information content (AvgIpc) is 3.05. The summed E-state index contributed by atoms with van der Waals surface area (Å²) in [6, 6.07) is 7.98. The van der Waals surface area contributed by atoms with Gasteiger partial charge in [-0.05, 0) is 57.4 Å². The van der Waals surface area contributed by atoms with Crippen molar-refractivity contribution >= 4 is 28.9 Å². The van der Waals surface area contributed by atoms with Crippen LogP contribution >= 0.6 is 0 Å². The average molecular weight is 440 g/mol. The van der Waals surface area contributed by atoms with Gasteiger partial charge in [-0.25, -0.2) is 14.3 Å². The van der Waals surface area contributed by atoms with Gasteiger partial charge >= 0.3 is 6.09 Å². The summed E-state index contributed by atoms with van der Waals surface area (Å²) in [5, 5.41) is 10.6. The second kappa shape index (κ2) is 8.19. The molecule has 4 rings (SSSR count). The Kier molecular flexibility index (Phi) is 5.55. The number of hydrogen-bond donors (Lipinski definition) is 4. The van der Waals surface area contributed by atoms with Crippen LogP contribution in [0.5, 0.6) is 5.75 Å². The van der Waals surface area contributed by atoms with Crippen LogP contribution in [0.15, 0.2) is 30.6 Å². The number of nitrogens with one attached hydrogen (secondary N) is 2. The molecule has 1 aliphatic carbocycles. The first kappa shape index (κ1) is 21.7. The lowest BCUT2D eigenvalue weighted by molar-refractivity contribution is 0.0635. The maximum atomic E-state index is 12.2. The lowest BCUT2D eigenvalue weighted by atomic mass is 9.88. The van der Waals surface area contributed by atoms with Gasteiger partial charge in [0.1, 0.15) is 29.0 Å². The molecule has 0 spiro atoms. The Morgan fingerprint density at radius 2 is 2.00 bits per heavy atom. The Balaban J connectivity index is 1.68. The van der Waals surface area contributed by atoms with Crippen LogP contribution < -0.4 is 26.8 Å². The van der Waals surface area contributed by atoms with Crippen molar-refractivity contribution in [3.05, 3.63) is 30.6 Å². The zero-order valence-corrected chi connectivity index (χ0v) is 18.7. The van der Waals surface area contributed by atoms with E-state index in [9.17, 15) is 4.79 Å². The molecule has 0 radical (unpaired) electrons. The van der Waals surface area contributed by atoms with E-state index in [1.807, 2.05) is 18.2 Å². The summed E-state index contributed by atoms with van der Waals surface area (Å²) in [6.45, 7) is 5.42. The van der Waals surface area contributed by atoms with E-state index in [0.29, 0.717) is 28.8 Å². The van der Waals surface area contributed by atoms with Gasteiger partial charge < -0.3 is 26.3 Å². The van der Waals surface area contributed by atoms with Crippen molar-refractivity contribution < 1.29 is 14.3 Å². The molecule has 1 aromatic carbocycles. The monoisotopic (exact) mass is 439 g/mol. The Hall–Kier alpha value is -3.53. The maximum absolute atomic E-state index is 12.2. The molecule has 3 aromatic rings. The molecule has 1 saturated carbocycles. The molecule has 1 fully saturated rings. The first-order valence-electron chi connectivity index (χ1n) is 10.5. The van der Waals surface area contributed by atoms with Gasteiger partial charge in [-0.1, -0.05) is 6.07 Å². The molecule has 2 aromatic heterocycles. The summed E-state index contributed by atoms with van der Waals surface area (Å²) >= 11 is 0. The summed E-state index contributed by atoms with van der Waals surface area (Å²) in [6.07, 6.45) is 2.68. The molecule has 10 nitrogen and oxygen atoms in total. The van der Waals surface area contributed by atoms with Crippen molar-refractivity contribution in [2.24, 2.45) is 5.73 Å². The van der Waals surface area contributed by atoms with E-state index in [4.69, 9.17) is 20.9 Å². The fourth-order valence-electron chi connectivity index (χ4n) is 3.76. The van der Waals surface area contributed by atoms with Crippen molar-refractivity contribution in [2.75, 3.05) is 23.5 Å². The van der Waals surface area contributed by atoms with Gasteiger partial charge in [0.25, 0.3) is 0 Å². The molecule has 0 saturated heterocycles. The van der Waals surface area contributed by atoms with Crippen molar-refractivity contribution in [1.29, 1.82) is 0 Å². The van der Waals surface area contributed by atoms with E-state index in [0.717, 1.165) is 29.8 Å². The van der Waals surface area contributed by atoms with Crippen LogP contribution in [-0.4, -0.2) is 45.5 Å². The minimum absolute atomic E-state index is 0.229. The lowest BCUT2D eigenvalue weighted by Crippen LogP contribution is -2.44. The summed E-state index contributed by atoms with van der Waals surface area (Å²) in [5.41, 5.74) is 14.4. The smallest absolute Gasteiger partial charge is 0.412 e. The van der Waals surface area contributed by atoms with Crippen molar-refractivity contribution in [3.8, 4) is 16.9 Å². The fourth-order valence-corrected chi connectivity index (χ4v) is 3.76. The molecule has 2 heterocycles. The Morgan fingerprint density at radius 1 is 1.25 bits per heavy atom. The van der Waals surface area contributed by atoms with Crippen LogP contribution in [0.25, 0.3) is 16.6 Å². The SMILES string of the molecule is COc1cc(-c2cc(NC3CC(N)C3)n3ncnc(N)c23)ccc1NC(=O)OC(C)(C)C. The van der Waals surface area contributed by atoms with Crippen molar-refractivity contribution in [2.45, 2.75) is 51.3 Å². The van der Waals surface area contributed by atoms with Gasteiger partial charge in [-0.3, -0.25) is 5.32 Å². The van der Waals surface area contributed by atoms with Crippen LogP contribution in [0.4, 0.5) is 22.1 Å². The summed E-state index contributed by atoms with van der Waals surface area (Å²) in [4.78, 5) is 16.4. The van der Waals surface area contributed by atoms with Crippen LogP contribution in [-0.2, 0) is 4.74 Å². The van der Waals surface area contributed by atoms with Gasteiger partial charge in [0.2, 0.25) is 0 Å². The van der Waals surface area contributed by atoms with Gasteiger partial charge in [-0.2, -0.15) is 5.10 Å². The second-order valence-corrected chi connectivity index (χ2v) is 8.96. The number of nitrogen functional groups attached to an aromatic ring is 1. The van der Waals surface area contributed by atoms with Gasteiger partial charge in [0, 0.05) is 17.6 Å². The Morgan fingerprint density at radius 3 is 2.66 bits per heavy atom. The standard InChI is InChI=1S/C22H29N7O3/c1-22(2,3)32-21(30)28-16-6-5-12(7-17(16)31-4)15-10-18(27-14-8-13(23)9-14)29-19(15)20(24)25-11-26-29/h5-7,10-11,13-14,27H,8-9,23H2,1-4H3,(H,28,30)(H2,24,25,26). The number of methoxy groups -OCH3 is 1. The van der Waals surface area contributed by atoms with Crippen molar-refractivity contribution in [3.63, 3.8) is 0 Å². The lowest BCUT2D eigenvalue weighted by Gasteiger charge is -2.33. The number of nitrogens with zero attached hydrogens (tertiary/aromatic N) is 3. The predicted molar refractivity (Wildman–Crippen MR) is 124 cm³/mol. The number of fused-ring (bicyclic) bond motifs is 1. The van der Waals surface area contributed by atoms with E-state index >= 15 is 0 Å². The second-order valence-electron chi connectivity index (χ2n) is 8.96. The molecule has 32 heavy (non-hydrogen) atoms. The van der Waals surface area contributed by atoms with Gasteiger partial charge in [0.15, 0.2) is 5.82 Å². The summed E-state index contributed by atoms with van der Waals surface area (Å²) < 4.78 is 12.6. The van der Waals surface area contributed by atoms with E-state index < -0.39 is 11.7 Å². The quantitative estimate of drug-likeness (QED) is 0.475. The number of aromatic nitrogens is 3. The number of ether oxygens (including phenoxy) is 2. The maximum Gasteiger partial charge on any atom is 0.412 e. The third kappa shape index (κ3) is 4.40. The Labute approximate surface area is 186 Å². The predicted octanol–water partition coefficient (Wildman–Crippen LogP) is 3.24. The van der Waals surface area contributed by atoms with Crippen LogP contribution in [0.1, 0.15) is 33.6 Å². The first-order chi connectivity index (χ1) is 15.1. The largest absolute Gasteiger partial charge is 0.495 e. The molecule has 0 aliphatic heterocycles. The minimum Gasteiger partial charge on any atom is -0.495 e. The minimum atomic E-state index is -0.603. The molecule has 0 unspecified atom stereocenters. The first-order valence-corrected chi connectivity index (χ1v) is 10.5. The molecule has 1 amide bonds. The van der Waals surface area contributed by atoms with Crippen LogP contribution in [0, 0.1) is 0 Å². The number of carbonyl (C=O) groups excluding carboxylic acids is 1. The molecular formula is C22H29N7O3. The number of nitrogens with two attached hydrogens (primary N) is 2. The highest BCUT2D eigenvalue weighted by atomic mass is 16.6. The fraction of sp³-hybridized carbons (Fsp3) is 0.409. The van der Waals surface area contributed by atoms with Gasteiger partial charge in [0.05, 0.1) is 12.8 Å². The van der Waals surface area contributed by atoms with Gasteiger partial charge in [-0.15, -0.1) is 0 Å².